The lowest BCUT2D eigenvalue weighted by atomic mass is 9.85. The Labute approximate surface area is 225 Å². The largest absolute Gasteiger partial charge is 0.466 e. The maximum Gasteiger partial charge on any atom is 0.330 e. The first-order valence-corrected chi connectivity index (χ1v) is 13.1. The van der Waals surface area contributed by atoms with Crippen molar-refractivity contribution in [3.05, 3.63) is 90.0 Å². The summed E-state index contributed by atoms with van der Waals surface area (Å²) in [5.41, 5.74) is 12.2. The highest BCUT2D eigenvalue weighted by atomic mass is 16.5. The molecule has 1 aliphatic carbocycles. The van der Waals surface area contributed by atoms with Gasteiger partial charge in [0.1, 0.15) is 0 Å². The number of anilines is 2. The monoisotopic (exact) mass is 511 g/mol. The number of carbonyl (C=O) groups excluding carboxylic acids is 2. The molecule has 0 aliphatic heterocycles. The lowest BCUT2D eigenvalue weighted by Crippen LogP contribution is -2.39. The van der Waals surface area contributed by atoms with Crippen molar-refractivity contribution in [2.75, 3.05) is 31.0 Å². The van der Waals surface area contributed by atoms with Gasteiger partial charge in [-0.05, 0) is 78.3 Å². The van der Waals surface area contributed by atoms with Crippen molar-refractivity contribution in [2.45, 2.75) is 38.3 Å². The Kier molecular flexibility index (Phi) is 8.98. The normalized spacial score (nSPS) is 17.3. The van der Waals surface area contributed by atoms with E-state index in [4.69, 9.17) is 10.5 Å². The third kappa shape index (κ3) is 6.90. The second-order valence-electron chi connectivity index (χ2n) is 10.1. The van der Waals surface area contributed by atoms with E-state index in [0.29, 0.717) is 6.54 Å². The van der Waals surface area contributed by atoms with Gasteiger partial charge in [-0.2, -0.15) is 0 Å². The minimum Gasteiger partial charge on any atom is -0.466 e. The van der Waals surface area contributed by atoms with E-state index in [2.05, 4.69) is 53.4 Å². The second kappa shape index (κ2) is 12.6. The predicted molar refractivity (Wildman–Crippen MR) is 155 cm³/mol. The molecule has 3 aromatic carbocycles. The van der Waals surface area contributed by atoms with E-state index in [1.165, 1.54) is 13.2 Å². The van der Waals surface area contributed by atoms with Crippen molar-refractivity contribution >= 4 is 29.3 Å². The molecule has 0 atom stereocenters. The maximum absolute atomic E-state index is 13.8. The van der Waals surface area contributed by atoms with Crippen molar-refractivity contribution in [3.8, 4) is 11.1 Å². The number of methoxy groups -OCH3 is 1. The van der Waals surface area contributed by atoms with E-state index in [1.54, 1.807) is 6.08 Å². The van der Waals surface area contributed by atoms with Crippen molar-refractivity contribution < 1.29 is 14.3 Å². The van der Waals surface area contributed by atoms with Crippen molar-refractivity contribution in [1.82, 2.24) is 0 Å². The van der Waals surface area contributed by atoms with Crippen molar-refractivity contribution in [2.24, 2.45) is 11.7 Å². The van der Waals surface area contributed by atoms with Crippen LogP contribution >= 0.6 is 0 Å². The van der Waals surface area contributed by atoms with Gasteiger partial charge in [0.05, 0.1) is 13.7 Å². The van der Waals surface area contributed by atoms with Crippen LogP contribution in [0, 0.1) is 5.92 Å². The fourth-order valence-electron chi connectivity index (χ4n) is 4.85. The van der Waals surface area contributed by atoms with Crippen LogP contribution in [-0.4, -0.2) is 39.1 Å². The van der Waals surface area contributed by atoms with E-state index in [0.717, 1.165) is 59.3 Å². The fourth-order valence-corrected chi connectivity index (χ4v) is 4.85. The van der Waals surface area contributed by atoms with Crippen LogP contribution in [-0.2, 0) is 20.9 Å². The van der Waals surface area contributed by atoms with Gasteiger partial charge in [0.15, 0.2) is 0 Å². The Morgan fingerprint density at radius 1 is 0.895 bits per heavy atom. The predicted octanol–water partition coefficient (Wildman–Crippen LogP) is 5.66. The summed E-state index contributed by atoms with van der Waals surface area (Å²) in [5.74, 6) is -0.341. The molecule has 0 saturated heterocycles. The van der Waals surface area contributed by atoms with Crippen LogP contribution < -0.4 is 15.5 Å². The number of ether oxygens (including phenoxy) is 1. The van der Waals surface area contributed by atoms with Crippen LogP contribution in [0.4, 0.5) is 11.4 Å². The van der Waals surface area contributed by atoms with E-state index in [1.807, 2.05) is 43.3 Å². The molecule has 2 N–H and O–H groups in total. The Bertz CT molecular complexity index is 1260. The van der Waals surface area contributed by atoms with E-state index in [9.17, 15) is 9.59 Å². The summed E-state index contributed by atoms with van der Waals surface area (Å²) in [6.45, 7) is 0.464. The van der Waals surface area contributed by atoms with Gasteiger partial charge in [-0.25, -0.2) is 4.79 Å². The molecule has 198 valence electrons. The molecular weight excluding hydrogens is 474 g/mol. The Morgan fingerprint density at radius 3 is 2.13 bits per heavy atom. The smallest absolute Gasteiger partial charge is 0.330 e. The summed E-state index contributed by atoms with van der Waals surface area (Å²) >= 11 is 0. The standard InChI is InChI=1S/C32H37N3O3/c1-34(2)29-18-14-26(15-19-29)25-10-7-24(8-11-25)22-35(32(37)27-12-16-28(33)17-13-27)30-6-4-5-23(21-30)9-20-31(36)38-3/h4-11,14-15,18-21,27-28H,12-13,16-17,22,33H2,1-3H3/b20-9+. The third-order valence-corrected chi connectivity index (χ3v) is 7.19. The highest BCUT2D eigenvalue weighted by Gasteiger charge is 2.29. The van der Waals surface area contributed by atoms with Crippen LogP contribution in [0.3, 0.4) is 0 Å². The summed E-state index contributed by atoms with van der Waals surface area (Å²) in [6.07, 6.45) is 6.44. The number of benzene rings is 3. The molecule has 6 nitrogen and oxygen atoms in total. The minimum atomic E-state index is -0.418. The van der Waals surface area contributed by atoms with Gasteiger partial charge in [0.25, 0.3) is 0 Å². The molecule has 1 amide bonds. The number of rotatable bonds is 8. The lowest BCUT2D eigenvalue weighted by molar-refractivity contribution is -0.134. The highest BCUT2D eigenvalue weighted by Crippen LogP contribution is 2.30. The third-order valence-electron chi connectivity index (χ3n) is 7.19. The molecule has 0 spiro atoms. The van der Waals surface area contributed by atoms with Crippen molar-refractivity contribution in [3.63, 3.8) is 0 Å². The maximum atomic E-state index is 13.8. The van der Waals surface area contributed by atoms with Crippen LogP contribution in [0.25, 0.3) is 17.2 Å². The molecule has 38 heavy (non-hydrogen) atoms. The van der Waals surface area contributed by atoms with E-state index < -0.39 is 5.97 Å². The molecule has 1 saturated carbocycles. The van der Waals surface area contributed by atoms with Gasteiger partial charge in [0.2, 0.25) is 5.91 Å². The number of nitrogens with two attached hydrogens (primary N) is 1. The van der Waals surface area contributed by atoms with Gasteiger partial charge < -0.3 is 20.3 Å². The van der Waals surface area contributed by atoms with E-state index >= 15 is 0 Å². The fraction of sp³-hybridized carbons (Fsp3) is 0.312. The van der Waals surface area contributed by atoms with Gasteiger partial charge in [0, 0.05) is 43.5 Å². The first-order valence-electron chi connectivity index (χ1n) is 13.1. The molecule has 3 aromatic rings. The molecule has 0 aromatic heterocycles. The molecule has 0 unspecified atom stereocenters. The Balaban J connectivity index is 1.58. The summed E-state index contributed by atoms with van der Waals surface area (Å²) in [4.78, 5) is 29.3. The first kappa shape index (κ1) is 27.1. The second-order valence-corrected chi connectivity index (χ2v) is 10.1. The Hall–Kier alpha value is -3.90. The molecule has 0 heterocycles. The average Bonchev–Trinajstić information content (AvgIpc) is 2.95. The number of amides is 1. The molecular formula is C32H37N3O3. The molecule has 6 heteroatoms. The van der Waals surface area contributed by atoms with Crippen LogP contribution in [0.2, 0.25) is 0 Å². The van der Waals surface area contributed by atoms with Gasteiger partial charge in [-0.15, -0.1) is 0 Å². The molecule has 0 bridgehead atoms. The summed E-state index contributed by atoms with van der Waals surface area (Å²) in [6, 6.07) is 24.8. The number of hydrogen-bond acceptors (Lipinski definition) is 5. The lowest BCUT2D eigenvalue weighted by Gasteiger charge is -2.31. The SMILES string of the molecule is COC(=O)/C=C/c1cccc(N(Cc2ccc(-c3ccc(N(C)C)cc3)cc2)C(=O)C2CCC(N)CC2)c1. The average molecular weight is 512 g/mol. The van der Waals surface area contributed by atoms with E-state index in [-0.39, 0.29) is 17.9 Å². The zero-order valence-corrected chi connectivity index (χ0v) is 22.5. The highest BCUT2D eigenvalue weighted by molar-refractivity contribution is 5.95. The summed E-state index contributed by atoms with van der Waals surface area (Å²) in [7, 11) is 5.41. The van der Waals surface area contributed by atoms with Crippen molar-refractivity contribution in [1.29, 1.82) is 0 Å². The molecule has 0 radical (unpaired) electrons. The molecule has 4 rings (SSSR count). The summed E-state index contributed by atoms with van der Waals surface area (Å²) < 4.78 is 4.71. The number of nitrogens with zero attached hydrogens (tertiary/aromatic N) is 2. The van der Waals surface area contributed by atoms with Gasteiger partial charge in [-0.3, -0.25) is 4.79 Å². The first-order chi connectivity index (χ1) is 18.3. The van der Waals surface area contributed by atoms with Crippen LogP contribution in [0.15, 0.2) is 78.9 Å². The summed E-state index contributed by atoms with van der Waals surface area (Å²) in [5, 5.41) is 0. The molecule has 1 aliphatic rings. The zero-order valence-electron chi connectivity index (χ0n) is 22.5. The molecule has 1 fully saturated rings. The minimum absolute atomic E-state index is 0.0430. The number of carbonyl (C=O) groups is 2. The number of esters is 1. The quantitative estimate of drug-likeness (QED) is 0.312. The van der Waals surface area contributed by atoms with Crippen LogP contribution in [0.1, 0.15) is 36.8 Å². The number of hydrogen-bond donors (Lipinski definition) is 1. The zero-order chi connectivity index (χ0) is 27.1. The Morgan fingerprint density at radius 2 is 1.53 bits per heavy atom. The van der Waals surface area contributed by atoms with Crippen LogP contribution in [0.5, 0.6) is 0 Å². The van der Waals surface area contributed by atoms with Gasteiger partial charge in [-0.1, -0.05) is 48.5 Å². The topological polar surface area (TPSA) is 75.9 Å². The van der Waals surface area contributed by atoms with Gasteiger partial charge >= 0.3 is 5.97 Å².